The molecule has 2 rings (SSSR count). The lowest BCUT2D eigenvalue weighted by Crippen LogP contribution is -2.48. The van der Waals surface area contributed by atoms with E-state index in [0.717, 1.165) is 6.07 Å². The molecule has 0 aliphatic heterocycles. The standard InChI is InChI=1S/C16H19F4NO2/c1-23-14-7-6-10(8-12(14)17)9-15(22)21-13-5-3-2-4-11(13)16(18,19)20/h6-8,11,13H,2-5,9H2,1H3,(H,21,22)/t11-,13+/m1/s1. The van der Waals surface area contributed by atoms with Gasteiger partial charge in [-0.2, -0.15) is 13.2 Å². The van der Waals surface area contributed by atoms with Gasteiger partial charge in [-0.1, -0.05) is 18.9 Å². The maximum Gasteiger partial charge on any atom is 0.393 e. The maximum absolute atomic E-state index is 13.6. The molecule has 1 N–H and O–H groups in total. The molecule has 1 aromatic rings. The predicted molar refractivity (Wildman–Crippen MR) is 76.6 cm³/mol. The Balaban J connectivity index is 1.99. The molecule has 0 aromatic heterocycles. The van der Waals surface area contributed by atoms with E-state index in [2.05, 4.69) is 5.32 Å². The average molecular weight is 333 g/mol. The number of nitrogens with one attached hydrogen (secondary N) is 1. The van der Waals surface area contributed by atoms with Crippen LogP contribution in [0.4, 0.5) is 17.6 Å². The lowest BCUT2D eigenvalue weighted by Gasteiger charge is -2.33. The van der Waals surface area contributed by atoms with Crippen molar-refractivity contribution in [2.45, 2.75) is 44.3 Å². The molecule has 128 valence electrons. The van der Waals surface area contributed by atoms with Crippen molar-refractivity contribution in [2.24, 2.45) is 5.92 Å². The van der Waals surface area contributed by atoms with Gasteiger partial charge in [0.1, 0.15) is 0 Å². The fraction of sp³-hybridized carbons (Fsp3) is 0.562. The minimum Gasteiger partial charge on any atom is -0.494 e. The first-order valence-electron chi connectivity index (χ1n) is 7.49. The fourth-order valence-corrected chi connectivity index (χ4v) is 2.96. The van der Waals surface area contributed by atoms with E-state index in [1.54, 1.807) is 0 Å². The quantitative estimate of drug-likeness (QED) is 0.855. The first-order chi connectivity index (χ1) is 10.8. The van der Waals surface area contributed by atoms with Crippen LogP contribution in [-0.2, 0) is 11.2 Å². The number of hydrogen-bond acceptors (Lipinski definition) is 2. The third-order valence-corrected chi connectivity index (χ3v) is 4.11. The van der Waals surface area contributed by atoms with Gasteiger partial charge in [0.25, 0.3) is 0 Å². The second kappa shape index (κ2) is 7.19. The van der Waals surface area contributed by atoms with Gasteiger partial charge in [0, 0.05) is 6.04 Å². The summed E-state index contributed by atoms with van der Waals surface area (Å²) in [5.74, 6) is -2.59. The maximum atomic E-state index is 13.6. The zero-order valence-corrected chi connectivity index (χ0v) is 12.8. The molecule has 0 heterocycles. The zero-order chi connectivity index (χ0) is 17.0. The van der Waals surface area contributed by atoms with Gasteiger partial charge in [0.2, 0.25) is 5.91 Å². The molecular weight excluding hydrogens is 314 g/mol. The van der Waals surface area contributed by atoms with Crippen molar-refractivity contribution in [2.75, 3.05) is 7.11 Å². The summed E-state index contributed by atoms with van der Waals surface area (Å²) in [5, 5.41) is 2.46. The van der Waals surface area contributed by atoms with Gasteiger partial charge in [-0.15, -0.1) is 0 Å². The lowest BCUT2D eigenvalue weighted by atomic mass is 9.84. The number of halogens is 4. The summed E-state index contributed by atoms with van der Waals surface area (Å²) in [4.78, 5) is 12.0. The number of hydrogen-bond donors (Lipinski definition) is 1. The van der Waals surface area contributed by atoms with Crippen LogP contribution in [0.2, 0.25) is 0 Å². The summed E-state index contributed by atoms with van der Waals surface area (Å²) in [6.07, 6.45) is -2.96. The van der Waals surface area contributed by atoms with Crippen LogP contribution in [-0.4, -0.2) is 25.2 Å². The molecule has 0 unspecified atom stereocenters. The minimum atomic E-state index is -4.31. The molecule has 0 radical (unpaired) electrons. The Labute approximate surface area is 132 Å². The van der Waals surface area contributed by atoms with Crippen LogP contribution in [0.3, 0.4) is 0 Å². The van der Waals surface area contributed by atoms with Gasteiger partial charge in [-0.3, -0.25) is 4.79 Å². The molecule has 7 heteroatoms. The van der Waals surface area contributed by atoms with Crippen molar-refractivity contribution >= 4 is 5.91 Å². The molecule has 1 amide bonds. The van der Waals surface area contributed by atoms with Crippen LogP contribution < -0.4 is 10.1 Å². The molecular formula is C16H19F4NO2. The van der Waals surface area contributed by atoms with E-state index in [-0.39, 0.29) is 18.6 Å². The third kappa shape index (κ3) is 4.59. The molecule has 1 fully saturated rings. The Morgan fingerprint density at radius 2 is 2.00 bits per heavy atom. The Morgan fingerprint density at radius 1 is 1.30 bits per heavy atom. The molecule has 1 aliphatic carbocycles. The van der Waals surface area contributed by atoms with Gasteiger partial charge in [0.05, 0.1) is 19.4 Å². The largest absolute Gasteiger partial charge is 0.494 e. The Kier molecular flexibility index (Phi) is 5.49. The van der Waals surface area contributed by atoms with Crippen molar-refractivity contribution < 1.29 is 27.1 Å². The van der Waals surface area contributed by atoms with E-state index in [0.29, 0.717) is 24.8 Å². The molecule has 0 bridgehead atoms. The van der Waals surface area contributed by atoms with E-state index >= 15 is 0 Å². The van der Waals surface area contributed by atoms with Crippen LogP contribution in [0.25, 0.3) is 0 Å². The second-order valence-corrected chi connectivity index (χ2v) is 5.75. The van der Waals surface area contributed by atoms with E-state index < -0.39 is 29.9 Å². The SMILES string of the molecule is COc1ccc(CC(=O)N[C@H]2CCCC[C@H]2C(F)(F)F)cc1F. The number of carbonyl (C=O) groups is 1. The van der Waals surface area contributed by atoms with Crippen LogP contribution in [0, 0.1) is 11.7 Å². The number of carbonyl (C=O) groups excluding carboxylic acids is 1. The zero-order valence-electron chi connectivity index (χ0n) is 12.8. The Morgan fingerprint density at radius 3 is 2.61 bits per heavy atom. The summed E-state index contributed by atoms with van der Waals surface area (Å²) >= 11 is 0. The Hall–Kier alpha value is -1.79. The van der Waals surface area contributed by atoms with Crippen molar-refractivity contribution in [1.82, 2.24) is 5.32 Å². The molecule has 0 saturated heterocycles. The monoisotopic (exact) mass is 333 g/mol. The van der Waals surface area contributed by atoms with Crippen molar-refractivity contribution in [3.63, 3.8) is 0 Å². The smallest absolute Gasteiger partial charge is 0.393 e. The van der Waals surface area contributed by atoms with Gasteiger partial charge < -0.3 is 10.1 Å². The molecule has 1 saturated carbocycles. The highest BCUT2D eigenvalue weighted by atomic mass is 19.4. The number of alkyl halides is 3. The molecule has 1 aromatic carbocycles. The number of rotatable bonds is 4. The summed E-state index contributed by atoms with van der Waals surface area (Å²) in [7, 11) is 1.32. The number of methoxy groups -OCH3 is 1. The highest BCUT2D eigenvalue weighted by Gasteiger charge is 2.45. The number of benzene rings is 1. The van der Waals surface area contributed by atoms with Crippen LogP contribution in [0.1, 0.15) is 31.2 Å². The predicted octanol–water partition coefficient (Wildman–Crippen LogP) is 3.61. The highest BCUT2D eigenvalue weighted by molar-refractivity contribution is 5.79. The molecule has 0 spiro atoms. The highest BCUT2D eigenvalue weighted by Crippen LogP contribution is 2.37. The van der Waals surface area contributed by atoms with Gasteiger partial charge in [0.15, 0.2) is 11.6 Å². The van der Waals surface area contributed by atoms with Crippen LogP contribution in [0.15, 0.2) is 18.2 Å². The normalized spacial score (nSPS) is 21.8. The number of amides is 1. The van der Waals surface area contributed by atoms with Crippen molar-refractivity contribution in [1.29, 1.82) is 0 Å². The van der Waals surface area contributed by atoms with Gasteiger partial charge >= 0.3 is 6.18 Å². The topological polar surface area (TPSA) is 38.3 Å². The van der Waals surface area contributed by atoms with E-state index in [1.807, 2.05) is 0 Å². The number of ether oxygens (including phenoxy) is 1. The van der Waals surface area contributed by atoms with Crippen LogP contribution in [0.5, 0.6) is 5.75 Å². The molecule has 2 atom stereocenters. The van der Waals surface area contributed by atoms with E-state index in [9.17, 15) is 22.4 Å². The summed E-state index contributed by atoms with van der Waals surface area (Å²) in [6.45, 7) is 0. The van der Waals surface area contributed by atoms with Crippen LogP contribution >= 0.6 is 0 Å². The fourth-order valence-electron chi connectivity index (χ4n) is 2.96. The van der Waals surface area contributed by atoms with E-state index in [4.69, 9.17) is 4.74 Å². The molecule has 23 heavy (non-hydrogen) atoms. The summed E-state index contributed by atoms with van der Waals surface area (Å²) in [5.41, 5.74) is 0.389. The van der Waals surface area contributed by atoms with Gasteiger partial charge in [-0.05, 0) is 30.5 Å². The second-order valence-electron chi connectivity index (χ2n) is 5.75. The van der Waals surface area contributed by atoms with E-state index in [1.165, 1.54) is 19.2 Å². The Bertz CT molecular complexity index is 560. The summed E-state index contributed by atoms with van der Waals surface area (Å²) < 4.78 is 57.3. The average Bonchev–Trinajstić information content (AvgIpc) is 2.46. The first-order valence-corrected chi connectivity index (χ1v) is 7.49. The summed E-state index contributed by atoms with van der Waals surface area (Å²) in [6, 6.07) is 3.15. The first kappa shape index (κ1) is 17.6. The molecule has 1 aliphatic rings. The van der Waals surface area contributed by atoms with Crippen molar-refractivity contribution in [3.05, 3.63) is 29.6 Å². The van der Waals surface area contributed by atoms with Crippen molar-refractivity contribution in [3.8, 4) is 5.75 Å². The lowest BCUT2D eigenvalue weighted by molar-refractivity contribution is -0.189. The molecule has 3 nitrogen and oxygen atoms in total. The van der Waals surface area contributed by atoms with Gasteiger partial charge in [-0.25, -0.2) is 4.39 Å². The third-order valence-electron chi connectivity index (χ3n) is 4.11. The minimum absolute atomic E-state index is 0.0333.